The number of nitrogens with one attached hydrogen (secondary N) is 1. The molecule has 0 radical (unpaired) electrons. The zero-order valence-corrected chi connectivity index (χ0v) is 19.7. The van der Waals surface area contributed by atoms with E-state index in [9.17, 15) is 9.90 Å². The number of phenols is 1. The van der Waals surface area contributed by atoms with Crippen LogP contribution in [0.5, 0.6) is 5.75 Å². The Balaban J connectivity index is 1.53. The van der Waals surface area contributed by atoms with Crippen molar-refractivity contribution in [2.75, 3.05) is 11.9 Å². The van der Waals surface area contributed by atoms with Crippen LogP contribution in [-0.4, -0.2) is 55.2 Å². The van der Waals surface area contributed by atoms with Gasteiger partial charge in [-0.2, -0.15) is 5.10 Å². The fourth-order valence-corrected chi connectivity index (χ4v) is 4.86. The number of aromatic hydroxyl groups is 1. The first-order valence-corrected chi connectivity index (χ1v) is 11.0. The molecule has 0 unspecified atom stereocenters. The van der Waals surface area contributed by atoms with E-state index in [4.69, 9.17) is 5.73 Å². The van der Waals surface area contributed by atoms with Crippen LogP contribution >= 0.6 is 0 Å². The van der Waals surface area contributed by atoms with Gasteiger partial charge in [0.1, 0.15) is 11.4 Å². The van der Waals surface area contributed by atoms with Crippen molar-refractivity contribution in [3.05, 3.63) is 48.3 Å². The number of carbonyl (C=O) groups excluding carboxylic acids is 1. The van der Waals surface area contributed by atoms with Gasteiger partial charge in [-0.1, -0.05) is 0 Å². The van der Waals surface area contributed by atoms with Crippen LogP contribution in [0.1, 0.15) is 51.0 Å². The van der Waals surface area contributed by atoms with E-state index in [1.807, 2.05) is 12.1 Å². The number of piperidine rings is 1. The number of hydrogen-bond acceptors (Lipinski definition) is 7. The molecule has 2 aromatic heterocycles. The fraction of sp³-hybridized carbons (Fsp3) is 0.417. The number of phenolic OH excluding ortho intramolecular Hbond substituents is 1. The molecule has 0 atom stereocenters. The first kappa shape index (κ1) is 22.7. The minimum atomic E-state index is -0.605. The number of carbonyl (C=O) groups is 1. The molecule has 174 valence electrons. The summed E-state index contributed by atoms with van der Waals surface area (Å²) >= 11 is 0. The number of primary amides is 1. The van der Waals surface area contributed by atoms with Crippen molar-refractivity contribution >= 4 is 11.7 Å². The maximum absolute atomic E-state index is 11.3. The minimum absolute atomic E-state index is 0.0361. The van der Waals surface area contributed by atoms with Gasteiger partial charge in [0.25, 0.3) is 5.91 Å². The van der Waals surface area contributed by atoms with Gasteiger partial charge in [0.2, 0.25) is 0 Å². The van der Waals surface area contributed by atoms with Crippen LogP contribution in [0.15, 0.2) is 42.6 Å². The highest BCUT2D eigenvalue weighted by molar-refractivity contribution is 5.90. The van der Waals surface area contributed by atoms with Gasteiger partial charge >= 0.3 is 0 Å². The van der Waals surface area contributed by atoms with Crippen molar-refractivity contribution in [3.63, 3.8) is 0 Å². The summed E-state index contributed by atoms with van der Waals surface area (Å²) in [5.41, 5.74) is 7.22. The van der Waals surface area contributed by atoms with Crippen LogP contribution < -0.4 is 16.0 Å². The van der Waals surface area contributed by atoms with Crippen molar-refractivity contribution < 1.29 is 9.90 Å². The number of aromatic nitrogens is 4. The summed E-state index contributed by atoms with van der Waals surface area (Å²) in [6, 6.07) is 10.8. The van der Waals surface area contributed by atoms with Gasteiger partial charge < -0.3 is 21.1 Å². The maximum Gasteiger partial charge on any atom is 0.269 e. The van der Waals surface area contributed by atoms with Crippen molar-refractivity contribution in [2.24, 2.45) is 5.73 Å². The summed E-state index contributed by atoms with van der Waals surface area (Å²) in [5, 5.41) is 27.2. The lowest BCUT2D eigenvalue weighted by molar-refractivity contribution is 0.0995. The van der Waals surface area contributed by atoms with E-state index in [2.05, 4.69) is 60.3 Å². The molecule has 4 N–H and O–H groups in total. The highest BCUT2D eigenvalue weighted by atomic mass is 16.3. The Morgan fingerprint density at radius 1 is 1.12 bits per heavy atom. The normalized spacial score (nSPS) is 17.6. The third-order valence-corrected chi connectivity index (χ3v) is 6.09. The third kappa shape index (κ3) is 4.83. The number of amides is 1. The molecule has 1 saturated heterocycles. The summed E-state index contributed by atoms with van der Waals surface area (Å²) in [7, 11) is 2.06. The Hall–Kier alpha value is -3.46. The standard InChI is InChI=1S/C24H31N7O2/c1-23(2)13-16(14-24(3,4)29-23)30(5)21-9-8-18(26-27-21)17-7-6-15(12-20(17)32)31-11-10-19(28-31)22(25)33/h6-12,16,29,32H,13-14H2,1-5H3,(H2,25,33). The summed E-state index contributed by atoms with van der Waals surface area (Å²) in [5.74, 6) is 0.233. The molecule has 1 aromatic carbocycles. The molecule has 0 bridgehead atoms. The molecule has 1 aliphatic rings. The van der Waals surface area contributed by atoms with Crippen LogP contribution in [0, 0.1) is 0 Å². The van der Waals surface area contributed by atoms with Crippen molar-refractivity contribution in [1.82, 2.24) is 25.3 Å². The Labute approximate surface area is 193 Å². The summed E-state index contributed by atoms with van der Waals surface area (Å²) in [6.45, 7) is 8.92. The van der Waals surface area contributed by atoms with Gasteiger partial charge in [0.05, 0.1) is 11.4 Å². The third-order valence-electron chi connectivity index (χ3n) is 6.09. The highest BCUT2D eigenvalue weighted by Gasteiger charge is 2.39. The molecule has 3 aromatic rings. The molecule has 1 amide bonds. The van der Waals surface area contributed by atoms with E-state index in [-0.39, 0.29) is 22.5 Å². The first-order chi connectivity index (χ1) is 15.4. The Morgan fingerprint density at radius 2 is 1.82 bits per heavy atom. The fourth-order valence-electron chi connectivity index (χ4n) is 4.86. The van der Waals surface area contributed by atoms with E-state index < -0.39 is 5.91 Å². The van der Waals surface area contributed by atoms with Gasteiger partial charge in [0.15, 0.2) is 5.82 Å². The average Bonchev–Trinajstić information content (AvgIpc) is 3.22. The predicted molar refractivity (Wildman–Crippen MR) is 127 cm³/mol. The van der Waals surface area contributed by atoms with E-state index in [0.29, 0.717) is 23.0 Å². The molecule has 3 heterocycles. The second-order valence-corrected chi connectivity index (χ2v) is 10.1. The average molecular weight is 450 g/mol. The number of rotatable bonds is 5. The molecule has 4 rings (SSSR count). The molecule has 1 aliphatic heterocycles. The molecule has 0 spiro atoms. The van der Waals surface area contributed by atoms with Crippen molar-refractivity contribution in [2.45, 2.75) is 57.7 Å². The van der Waals surface area contributed by atoms with Crippen LogP contribution in [0.4, 0.5) is 5.82 Å². The van der Waals surface area contributed by atoms with Gasteiger partial charge in [0, 0.05) is 42.0 Å². The zero-order chi connectivity index (χ0) is 24.0. The Morgan fingerprint density at radius 3 is 2.36 bits per heavy atom. The van der Waals surface area contributed by atoms with Gasteiger partial charge in [-0.15, -0.1) is 10.2 Å². The van der Waals surface area contributed by atoms with Gasteiger partial charge in [-0.05, 0) is 70.9 Å². The highest BCUT2D eigenvalue weighted by Crippen LogP contribution is 2.34. The molecule has 9 nitrogen and oxygen atoms in total. The lowest BCUT2D eigenvalue weighted by Gasteiger charge is -2.49. The lowest BCUT2D eigenvalue weighted by atomic mass is 9.79. The van der Waals surface area contributed by atoms with E-state index in [0.717, 1.165) is 18.7 Å². The van der Waals surface area contributed by atoms with Crippen LogP contribution in [0.3, 0.4) is 0 Å². The SMILES string of the molecule is CN(c1ccc(-c2ccc(-n3ccc(C(N)=O)n3)cc2O)nn1)C1CC(C)(C)NC(C)(C)C1. The molecule has 0 aliphatic carbocycles. The van der Waals surface area contributed by atoms with Gasteiger partial charge in [-0.25, -0.2) is 4.68 Å². The number of nitrogens with zero attached hydrogens (tertiary/aromatic N) is 5. The Kier molecular flexibility index (Phi) is 5.61. The summed E-state index contributed by atoms with van der Waals surface area (Å²) in [6.07, 6.45) is 3.62. The van der Waals surface area contributed by atoms with Crippen molar-refractivity contribution in [1.29, 1.82) is 0 Å². The molecule has 0 saturated carbocycles. The lowest BCUT2D eigenvalue weighted by Crippen LogP contribution is -2.62. The molecule has 1 fully saturated rings. The minimum Gasteiger partial charge on any atom is -0.507 e. The van der Waals surface area contributed by atoms with E-state index in [1.54, 1.807) is 24.4 Å². The van der Waals surface area contributed by atoms with Crippen LogP contribution in [-0.2, 0) is 0 Å². The second-order valence-electron chi connectivity index (χ2n) is 10.1. The number of benzene rings is 1. The smallest absolute Gasteiger partial charge is 0.269 e. The maximum atomic E-state index is 11.3. The number of anilines is 1. The van der Waals surface area contributed by atoms with E-state index in [1.165, 1.54) is 10.7 Å². The largest absolute Gasteiger partial charge is 0.507 e. The van der Waals surface area contributed by atoms with Crippen molar-refractivity contribution in [3.8, 4) is 22.7 Å². The summed E-state index contributed by atoms with van der Waals surface area (Å²) in [4.78, 5) is 13.5. The zero-order valence-electron chi connectivity index (χ0n) is 19.7. The Bertz CT molecular complexity index is 1150. The molecular weight excluding hydrogens is 418 g/mol. The first-order valence-electron chi connectivity index (χ1n) is 11.0. The topological polar surface area (TPSA) is 122 Å². The van der Waals surface area contributed by atoms with Crippen LogP contribution in [0.2, 0.25) is 0 Å². The monoisotopic (exact) mass is 449 g/mol. The van der Waals surface area contributed by atoms with Gasteiger partial charge in [-0.3, -0.25) is 4.79 Å². The molecular formula is C24H31N7O2. The van der Waals surface area contributed by atoms with Crippen LogP contribution in [0.25, 0.3) is 16.9 Å². The molecule has 33 heavy (non-hydrogen) atoms. The second kappa shape index (κ2) is 8.15. The summed E-state index contributed by atoms with van der Waals surface area (Å²) < 4.78 is 1.48. The quantitative estimate of drug-likeness (QED) is 0.547. The van der Waals surface area contributed by atoms with E-state index >= 15 is 0 Å². The number of nitrogens with two attached hydrogens (primary N) is 1. The molecule has 9 heteroatoms. The number of hydrogen-bond donors (Lipinski definition) is 3. The predicted octanol–water partition coefficient (Wildman–Crippen LogP) is 2.88.